The number of rotatable bonds is 11. The van der Waals surface area contributed by atoms with E-state index in [1.165, 1.54) is 0 Å². The summed E-state index contributed by atoms with van der Waals surface area (Å²) in [7, 11) is -2.66. The molecule has 0 atom stereocenters. The molecule has 0 unspecified atom stereocenters. The Bertz CT molecular complexity index is 246. The van der Waals surface area contributed by atoms with Gasteiger partial charge < -0.3 is 19.0 Å². The molecule has 0 saturated carbocycles. The molecule has 0 aliphatic heterocycles. The van der Waals surface area contributed by atoms with Gasteiger partial charge in [-0.1, -0.05) is 27.7 Å². The summed E-state index contributed by atoms with van der Waals surface area (Å²) in [4.78, 5) is 0. The van der Waals surface area contributed by atoms with Crippen molar-refractivity contribution in [1.82, 2.24) is 0 Å². The van der Waals surface area contributed by atoms with Gasteiger partial charge in [-0.2, -0.15) is 0 Å². The molecule has 0 rings (SSSR count). The average molecular weight is 306 g/mol. The fourth-order valence-corrected chi connectivity index (χ4v) is 5.54. The minimum Gasteiger partial charge on any atom is -0.374 e. The van der Waals surface area contributed by atoms with Crippen molar-refractivity contribution in [2.75, 3.05) is 19.8 Å². The second-order valence-electron chi connectivity index (χ2n) is 6.04. The Labute approximate surface area is 126 Å². The lowest BCUT2D eigenvalue weighted by molar-refractivity contribution is -0.0727. The normalized spacial score (nSPS) is 13.5. The Kier molecular flexibility index (Phi) is 9.18. The third-order valence-electron chi connectivity index (χ3n) is 4.08. The first-order chi connectivity index (χ1) is 9.28. The van der Waals surface area contributed by atoms with Crippen LogP contribution in [0, 0.1) is 11.8 Å². The Morgan fingerprint density at radius 2 is 1.45 bits per heavy atom. The lowest BCUT2D eigenvalue weighted by atomic mass is 9.82. The third kappa shape index (κ3) is 5.45. The fraction of sp³-hybridized carbons (Fsp3) is 1.00. The molecule has 0 aromatic carbocycles. The highest BCUT2D eigenvalue weighted by atomic mass is 28.4. The maximum Gasteiger partial charge on any atom is 0.501 e. The maximum absolute atomic E-state index is 6.57. The maximum atomic E-state index is 6.57. The van der Waals surface area contributed by atoms with Gasteiger partial charge in [-0.15, -0.1) is 0 Å². The molecule has 0 saturated heterocycles. The summed E-state index contributed by atoms with van der Waals surface area (Å²) in [6, 6.07) is 0.792. The van der Waals surface area contributed by atoms with E-state index >= 15 is 0 Å². The van der Waals surface area contributed by atoms with E-state index in [4.69, 9.17) is 19.0 Å². The predicted octanol–water partition coefficient (Wildman–Crippen LogP) is 3.43. The van der Waals surface area contributed by atoms with Gasteiger partial charge in [-0.3, -0.25) is 0 Å². The number of hydrogen-bond donors (Lipinski definition) is 1. The van der Waals surface area contributed by atoms with Crippen molar-refractivity contribution >= 4 is 8.80 Å². The first-order valence-corrected chi connectivity index (χ1v) is 9.89. The Balaban J connectivity index is 5.26. The van der Waals surface area contributed by atoms with Gasteiger partial charge in [0.1, 0.15) is 0 Å². The molecule has 0 fully saturated rings. The van der Waals surface area contributed by atoms with E-state index in [0.717, 1.165) is 12.5 Å². The van der Waals surface area contributed by atoms with Crippen LogP contribution in [0.5, 0.6) is 0 Å². The van der Waals surface area contributed by atoms with Crippen LogP contribution in [0.1, 0.15) is 54.9 Å². The molecule has 0 aliphatic rings. The summed E-state index contributed by atoms with van der Waals surface area (Å²) >= 11 is 0. The largest absolute Gasteiger partial charge is 0.501 e. The Morgan fingerprint density at radius 3 is 1.75 bits per heavy atom. The Hall–Kier alpha value is 0.0569. The minimum absolute atomic E-state index is 0.245. The first kappa shape index (κ1) is 20.1. The summed E-state index contributed by atoms with van der Waals surface area (Å²) in [6.45, 7) is 16.8. The molecule has 0 spiro atoms. The van der Waals surface area contributed by atoms with Crippen molar-refractivity contribution in [2.24, 2.45) is 17.6 Å². The predicted molar refractivity (Wildman–Crippen MR) is 86.7 cm³/mol. The Morgan fingerprint density at radius 1 is 1.00 bits per heavy atom. The monoisotopic (exact) mass is 305 g/mol. The van der Waals surface area contributed by atoms with Gasteiger partial charge in [0, 0.05) is 19.3 Å². The van der Waals surface area contributed by atoms with Crippen LogP contribution in [0.15, 0.2) is 0 Å². The van der Waals surface area contributed by atoms with Crippen molar-refractivity contribution in [3.8, 4) is 0 Å². The van der Waals surface area contributed by atoms with Crippen molar-refractivity contribution in [3.05, 3.63) is 0 Å². The summed E-state index contributed by atoms with van der Waals surface area (Å²) < 4.78 is 18.6. The third-order valence-corrected chi connectivity index (χ3v) is 7.26. The second kappa shape index (κ2) is 9.15. The molecule has 4 nitrogen and oxygen atoms in total. The van der Waals surface area contributed by atoms with Crippen LogP contribution >= 0.6 is 0 Å². The highest BCUT2D eigenvalue weighted by Gasteiger charge is 2.48. The molecule has 0 aromatic rings. The molecule has 5 heteroatoms. The molecule has 20 heavy (non-hydrogen) atoms. The van der Waals surface area contributed by atoms with Crippen LogP contribution in [0.4, 0.5) is 0 Å². The molecule has 0 aromatic heterocycles. The van der Waals surface area contributed by atoms with E-state index < -0.39 is 8.80 Å². The van der Waals surface area contributed by atoms with Gasteiger partial charge >= 0.3 is 8.80 Å². The van der Waals surface area contributed by atoms with Gasteiger partial charge in [0.2, 0.25) is 0 Å². The van der Waals surface area contributed by atoms with E-state index in [0.29, 0.717) is 31.6 Å². The van der Waals surface area contributed by atoms with E-state index in [9.17, 15) is 0 Å². The molecule has 2 N–H and O–H groups in total. The smallest absolute Gasteiger partial charge is 0.374 e. The summed E-state index contributed by atoms with van der Waals surface area (Å²) in [6.07, 6.45) is 0.874. The molecule has 0 amide bonds. The van der Waals surface area contributed by atoms with Gasteiger partial charge in [0.25, 0.3) is 0 Å². The molecule has 0 aliphatic carbocycles. The first-order valence-electron chi connectivity index (χ1n) is 7.96. The van der Waals surface area contributed by atoms with Crippen molar-refractivity contribution in [3.63, 3.8) is 0 Å². The topological polar surface area (TPSA) is 53.7 Å². The van der Waals surface area contributed by atoms with Crippen LogP contribution < -0.4 is 5.73 Å². The van der Waals surface area contributed by atoms with Crippen LogP contribution in [0.25, 0.3) is 0 Å². The molecule has 0 bridgehead atoms. The zero-order valence-corrected chi connectivity index (χ0v) is 15.5. The zero-order chi connectivity index (χ0) is 15.8. The van der Waals surface area contributed by atoms with Gasteiger partial charge in [-0.05, 0) is 45.6 Å². The minimum atomic E-state index is -2.66. The van der Waals surface area contributed by atoms with E-state index in [-0.39, 0.29) is 5.60 Å². The lowest BCUT2D eigenvalue weighted by Crippen LogP contribution is -2.56. The highest BCUT2D eigenvalue weighted by molar-refractivity contribution is 6.60. The molecule has 0 radical (unpaired) electrons. The quantitative estimate of drug-likeness (QED) is 0.594. The van der Waals surface area contributed by atoms with Crippen LogP contribution in [0.3, 0.4) is 0 Å². The highest BCUT2D eigenvalue weighted by Crippen LogP contribution is 2.35. The van der Waals surface area contributed by atoms with E-state index in [1.54, 1.807) is 0 Å². The van der Waals surface area contributed by atoms with Crippen LogP contribution in [-0.4, -0.2) is 34.2 Å². The van der Waals surface area contributed by atoms with Crippen molar-refractivity contribution in [2.45, 2.75) is 66.5 Å². The average Bonchev–Trinajstić information content (AvgIpc) is 2.36. The number of hydrogen-bond acceptors (Lipinski definition) is 4. The number of nitrogens with two attached hydrogens (primary N) is 1. The van der Waals surface area contributed by atoms with Gasteiger partial charge in [0.15, 0.2) is 0 Å². The molecule has 0 heterocycles. The van der Waals surface area contributed by atoms with Gasteiger partial charge in [0.05, 0.1) is 5.60 Å². The summed E-state index contributed by atoms with van der Waals surface area (Å²) in [5, 5.41) is 0. The van der Waals surface area contributed by atoms with E-state index in [1.807, 2.05) is 13.8 Å². The fourth-order valence-electron chi connectivity index (χ4n) is 2.29. The van der Waals surface area contributed by atoms with E-state index in [2.05, 4.69) is 34.6 Å². The summed E-state index contributed by atoms with van der Waals surface area (Å²) in [5.74, 6) is 0.793. The van der Waals surface area contributed by atoms with Crippen molar-refractivity contribution < 1.29 is 13.3 Å². The second-order valence-corrected chi connectivity index (χ2v) is 8.68. The SMILES string of the molecule is CCO[Si](CCCN)(OCC)OC(C)(C(C)C)C(C)C. The molecule has 122 valence electrons. The molecular weight excluding hydrogens is 270 g/mol. The summed E-state index contributed by atoms with van der Waals surface area (Å²) in [5.41, 5.74) is 5.42. The van der Waals surface area contributed by atoms with Crippen LogP contribution in [0.2, 0.25) is 6.04 Å². The van der Waals surface area contributed by atoms with Gasteiger partial charge in [-0.25, -0.2) is 0 Å². The van der Waals surface area contributed by atoms with Crippen LogP contribution in [-0.2, 0) is 13.3 Å². The standard InChI is InChI=1S/C15H35NO3Si/c1-8-17-20(18-9-2,12-10-11-16)19-15(7,13(3)4)14(5)6/h13-14H,8-12,16H2,1-7H3. The molecular formula is C15H35NO3Si. The zero-order valence-electron chi connectivity index (χ0n) is 14.5. The lowest BCUT2D eigenvalue weighted by Gasteiger charge is -2.44. The van der Waals surface area contributed by atoms with Crippen molar-refractivity contribution in [1.29, 1.82) is 0 Å².